The fraction of sp³-hybridized carbons (Fsp3) is 0.200. The lowest BCUT2D eigenvalue weighted by molar-refractivity contribution is -0.115. The van der Waals surface area contributed by atoms with E-state index in [2.05, 4.69) is 25.3 Å². The summed E-state index contributed by atoms with van der Waals surface area (Å²) >= 11 is 1.34. The maximum absolute atomic E-state index is 12.4. The van der Waals surface area contributed by atoms with Crippen LogP contribution in [0.15, 0.2) is 41.9 Å². The Morgan fingerprint density at radius 2 is 2.13 bits per heavy atom. The van der Waals surface area contributed by atoms with Crippen molar-refractivity contribution in [2.75, 3.05) is 12.4 Å². The van der Waals surface area contributed by atoms with E-state index in [-0.39, 0.29) is 11.2 Å². The Bertz CT molecular complexity index is 835. The number of thioether (sulfide) groups is 1. The summed E-state index contributed by atoms with van der Waals surface area (Å²) in [7, 11) is 1.57. The second kappa shape index (κ2) is 6.66. The number of imidazole rings is 1. The number of anilines is 1. The molecule has 0 fully saturated rings. The molecule has 0 saturated heterocycles. The van der Waals surface area contributed by atoms with Crippen LogP contribution in [0.3, 0.4) is 0 Å². The summed E-state index contributed by atoms with van der Waals surface area (Å²) < 4.78 is 5.24. The normalized spacial score (nSPS) is 12.1. The van der Waals surface area contributed by atoms with Crippen LogP contribution in [0.1, 0.15) is 6.92 Å². The van der Waals surface area contributed by atoms with E-state index >= 15 is 0 Å². The van der Waals surface area contributed by atoms with Gasteiger partial charge in [0.25, 0.3) is 0 Å². The second-order valence-corrected chi connectivity index (χ2v) is 6.06. The molecule has 0 aliphatic carbocycles. The molecule has 0 saturated carbocycles. The van der Waals surface area contributed by atoms with Crippen LogP contribution in [0, 0.1) is 0 Å². The van der Waals surface area contributed by atoms with Gasteiger partial charge in [-0.05, 0) is 19.1 Å². The Morgan fingerprint density at radius 3 is 2.96 bits per heavy atom. The van der Waals surface area contributed by atoms with Crippen LogP contribution in [-0.2, 0) is 4.79 Å². The zero-order chi connectivity index (χ0) is 16.2. The molecule has 0 radical (unpaired) electrons. The van der Waals surface area contributed by atoms with Crippen molar-refractivity contribution >= 4 is 34.5 Å². The van der Waals surface area contributed by atoms with Crippen molar-refractivity contribution in [1.29, 1.82) is 0 Å². The number of carbonyl (C=O) groups is 1. The number of fused-ring (bicyclic) bond motifs is 1. The van der Waals surface area contributed by atoms with Gasteiger partial charge in [-0.1, -0.05) is 23.9 Å². The lowest BCUT2D eigenvalue weighted by atomic mass is 10.3. The smallest absolute Gasteiger partial charge is 0.237 e. The zero-order valence-corrected chi connectivity index (χ0v) is 13.4. The second-order valence-electron chi connectivity index (χ2n) is 4.73. The van der Waals surface area contributed by atoms with Gasteiger partial charge >= 0.3 is 0 Å². The highest BCUT2D eigenvalue weighted by molar-refractivity contribution is 8.00. The first kappa shape index (κ1) is 15.3. The third-order valence-corrected chi connectivity index (χ3v) is 4.31. The molecule has 3 rings (SSSR count). The van der Waals surface area contributed by atoms with Crippen LogP contribution in [0.25, 0.3) is 11.2 Å². The van der Waals surface area contributed by atoms with E-state index in [9.17, 15) is 4.79 Å². The molecule has 2 aromatic heterocycles. The number of hydrogen-bond donors (Lipinski definition) is 2. The Labute approximate surface area is 136 Å². The highest BCUT2D eigenvalue weighted by Gasteiger charge is 2.18. The number of aromatic amines is 1. The van der Waals surface area contributed by atoms with Gasteiger partial charge in [-0.2, -0.15) is 0 Å². The first-order chi connectivity index (χ1) is 11.2. The van der Waals surface area contributed by atoms with Crippen LogP contribution in [0.5, 0.6) is 5.75 Å². The van der Waals surface area contributed by atoms with Crippen LogP contribution in [0.4, 0.5) is 5.69 Å². The van der Waals surface area contributed by atoms with Crippen LogP contribution < -0.4 is 10.1 Å². The van der Waals surface area contributed by atoms with Crippen LogP contribution >= 0.6 is 11.8 Å². The molecule has 0 aliphatic heterocycles. The number of nitrogens with zero attached hydrogens (tertiary/aromatic N) is 3. The molecule has 0 spiro atoms. The molecule has 23 heavy (non-hydrogen) atoms. The van der Waals surface area contributed by atoms with E-state index in [1.165, 1.54) is 18.1 Å². The van der Waals surface area contributed by atoms with E-state index in [0.29, 0.717) is 22.1 Å². The van der Waals surface area contributed by atoms with E-state index in [0.717, 1.165) is 5.52 Å². The summed E-state index contributed by atoms with van der Waals surface area (Å²) in [6.45, 7) is 1.82. The van der Waals surface area contributed by atoms with Crippen molar-refractivity contribution in [3.05, 3.63) is 36.9 Å². The molecule has 1 aromatic carbocycles. The SMILES string of the molecule is COc1ccccc1NC(=O)[C@H](C)Sc1ncnc2nc[nH]c12. The minimum Gasteiger partial charge on any atom is -0.495 e. The molecule has 0 bridgehead atoms. The van der Waals surface area contributed by atoms with Crippen molar-refractivity contribution in [1.82, 2.24) is 19.9 Å². The summed E-state index contributed by atoms with van der Waals surface area (Å²) in [5.74, 6) is 0.488. The van der Waals surface area contributed by atoms with Crippen molar-refractivity contribution in [3.63, 3.8) is 0 Å². The number of rotatable bonds is 5. The average Bonchev–Trinajstić information content (AvgIpc) is 3.05. The van der Waals surface area contributed by atoms with Gasteiger partial charge in [0.15, 0.2) is 5.65 Å². The molecule has 3 aromatic rings. The number of amides is 1. The molecule has 0 aliphatic rings. The Morgan fingerprint density at radius 1 is 1.30 bits per heavy atom. The number of para-hydroxylation sites is 2. The fourth-order valence-electron chi connectivity index (χ4n) is 2.04. The molecular weight excluding hydrogens is 314 g/mol. The van der Waals surface area contributed by atoms with Crippen molar-refractivity contribution < 1.29 is 9.53 Å². The first-order valence-electron chi connectivity index (χ1n) is 6.93. The predicted octanol–water partition coefficient (Wildman–Crippen LogP) is 2.48. The number of hydrogen-bond acceptors (Lipinski definition) is 6. The summed E-state index contributed by atoms with van der Waals surface area (Å²) in [6.07, 6.45) is 3.00. The standard InChI is InChI=1S/C15H15N5O2S/c1-9(14(21)20-10-5-3-4-6-11(10)22-2)23-15-12-13(17-7-16-12)18-8-19-15/h3-9H,1-2H3,(H,20,21)(H,16,17,18,19)/t9-/m0/s1. The van der Waals surface area contributed by atoms with E-state index in [4.69, 9.17) is 4.74 Å². The van der Waals surface area contributed by atoms with Crippen molar-refractivity contribution in [2.24, 2.45) is 0 Å². The monoisotopic (exact) mass is 329 g/mol. The van der Waals surface area contributed by atoms with E-state index < -0.39 is 0 Å². The van der Waals surface area contributed by atoms with Gasteiger partial charge in [-0.25, -0.2) is 15.0 Å². The number of H-pyrrole nitrogens is 1. The zero-order valence-electron chi connectivity index (χ0n) is 12.6. The molecule has 118 valence electrons. The Balaban J connectivity index is 1.74. The number of methoxy groups -OCH3 is 1. The predicted molar refractivity (Wildman–Crippen MR) is 88.6 cm³/mol. The maximum Gasteiger partial charge on any atom is 0.237 e. The summed E-state index contributed by atoms with van der Waals surface area (Å²) in [6, 6.07) is 7.29. The van der Waals surface area contributed by atoms with Gasteiger partial charge in [-0.15, -0.1) is 0 Å². The Kier molecular flexibility index (Phi) is 4.42. The first-order valence-corrected chi connectivity index (χ1v) is 7.81. The van der Waals surface area contributed by atoms with Crippen molar-refractivity contribution in [3.8, 4) is 5.75 Å². The lowest BCUT2D eigenvalue weighted by Crippen LogP contribution is -2.22. The van der Waals surface area contributed by atoms with Gasteiger partial charge < -0.3 is 15.0 Å². The molecule has 1 amide bonds. The molecule has 8 heteroatoms. The van der Waals surface area contributed by atoms with Crippen molar-refractivity contribution in [2.45, 2.75) is 17.2 Å². The van der Waals surface area contributed by atoms with E-state index in [1.54, 1.807) is 25.6 Å². The number of carbonyl (C=O) groups excluding carboxylic acids is 1. The average molecular weight is 329 g/mol. The minimum atomic E-state index is -0.346. The molecule has 0 unspecified atom stereocenters. The molecule has 2 N–H and O–H groups in total. The number of aromatic nitrogens is 4. The third kappa shape index (κ3) is 3.26. The number of ether oxygens (including phenoxy) is 1. The van der Waals surface area contributed by atoms with E-state index in [1.807, 2.05) is 19.1 Å². The molecular formula is C15H15N5O2S. The van der Waals surface area contributed by atoms with Gasteiger partial charge in [-0.3, -0.25) is 4.79 Å². The van der Waals surface area contributed by atoms with Gasteiger partial charge in [0.2, 0.25) is 5.91 Å². The molecule has 1 atom stereocenters. The van der Waals surface area contributed by atoms with Gasteiger partial charge in [0.1, 0.15) is 22.6 Å². The van der Waals surface area contributed by atoms with Gasteiger partial charge in [0, 0.05) is 0 Å². The molecule has 7 nitrogen and oxygen atoms in total. The number of benzene rings is 1. The third-order valence-electron chi connectivity index (χ3n) is 3.21. The summed E-state index contributed by atoms with van der Waals surface area (Å²) in [5, 5.41) is 3.21. The highest BCUT2D eigenvalue weighted by atomic mass is 32.2. The maximum atomic E-state index is 12.4. The van der Waals surface area contributed by atoms with Crippen LogP contribution in [0.2, 0.25) is 0 Å². The van der Waals surface area contributed by atoms with Crippen LogP contribution in [-0.4, -0.2) is 38.2 Å². The fourth-order valence-corrected chi connectivity index (χ4v) is 2.91. The Hall–Kier alpha value is -2.61. The topological polar surface area (TPSA) is 92.8 Å². The summed E-state index contributed by atoms with van der Waals surface area (Å²) in [4.78, 5) is 27.8. The minimum absolute atomic E-state index is 0.134. The summed E-state index contributed by atoms with van der Waals surface area (Å²) in [5.41, 5.74) is 1.95. The molecule has 2 heterocycles. The van der Waals surface area contributed by atoms with Gasteiger partial charge in [0.05, 0.1) is 24.4 Å². The lowest BCUT2D eigenvalue weighted by Gasteiger charge is -2.13. The number of nitrogens with one attached hydrogen (secondary N) is 2. The largest absolute Gasteiger partial charge is 0.495 e. The highest BCUT2D eigenvalue weighted by Crippen LogP contribution is 2.28. The quantitative estimate of drug-likeness (QED) is 0.552.